The normalized spacial score (nSPS) is 11.1. The van der Waals surface area contributed by atoms with Crippen LogP contribution in [-0.4, -0.2) is 22.1 Å². The lowest BCUT2D eigenvalue weighted by Crippen LogP contribution is -2.17. The van der Waals surface area contributed by atoms with Gasteiger partial charge in [0.25, 0.3) is 5.91 Å². The number of amides is 1. The maximum absolute atomic E-state index is 11.8. The van der Waals surface area contributed by atoms with E-state index in [1.165, 1.54) is 6.21 Å². The van der Waals surface area contributed by atoms with E-state index in [0.717, 1.165) is 15.5 Å². The van der Waals surface area contributed by atoms with Gasteiger partial charge in [-0.05, 0) is 36.4 Å². The highest BCUT2D eigenvalue weighted by Crippen LogP contribution is 2.10. The Balaban J connectivity index is 1.69. The molecule has 3 rings (SSSR count). The van der Waals surface area contributed by atoms with Crippen LogP contribution in [0.4, 0.5) is 0 Å². The number of benzene rings is 2. The first-order valence-corrected chi connectivity index (χ1v) is 7.05. The van der Waals surface area contributed by atoms with Crippen molar-refractivity contribution in [2.24, 2.45) is 5.10 Å². The zero-order valence-corrected chi connectivity index (χ0v) is 12.5. The van der Waals surface area contributed by atoms with Crippen LogP contribution in [0.1, 0.15) is 16.2 Å². The summed E-state index contributed by atoms with van der Waals surface area (Å²) in [5.41, 5.74) is 4.80. The van der Waals surface area contributed by atoms with E-state index in [-0.39, 0.29) is 5.91 Å². The number of halogens is 1. The van der Waals surface area contributed by atoms with E-state index in [1.54, 1.807) is 24.3 Å². The average Bonchev–Trinajstić information content (AvgIpc) is 2.90. The fraction of sp³-hybridized carbons (Fsp3) is 0. The monoisotopic (exact) mass is 342 g/mol. The Hall–Kier alpha value is -2.47. The van der Waals surface area contributed by atoms with E-state index in [1.807, 2.05) is 24.3 Å². The number of nitrogens with one attached hydrogen (secondary N) is 2. The van der Waals surface area contributed by atoms with Crippen LogP contribution in [0.15, 0.2) is 58.1 Å². The topological polar surface area (TPSA) is 70.1 Å². The third-order valence-corrected chi connectivity index (χ3v) is 3.40. The quantitative estimate of drug-likeness (QED) is 0.567. The van der Waals surface area contributed by atoms with Gasteiger partial charge in [-0.1, -0.05) is 28.1 Å². The Morgan fingerprint density at radius 2 is 1.95 bits per heavy atom. The second-order valence-electron chi connectivity index (χ2n) is 4.35. The molecule has 0 bridgehead atoms. The summed E-state index contributed by atoms with van der Waals surface area (Å²) in [5.74, 6) is 0.321. The molecule has 2 aromatic carbocycles. The predicted octanol–water partition coefficient (Wildman–Crippen LogP) is 3.09. The molecule has 0 atom stereocenters. The minimum Gasteiger partial charge on any atom is -0.337 e. The molecule has 21 heavy (non-hydrogen) atoms. The van der Waals surface area contributed by atoms with Crippen molar-refractivity contribution >= 4 is 39.1 Å². The van der Waals surface area contributed by atoms with Gasteiger partial charge >= 0.3 is 0 Å². The summed E-state index contributed by atoms with van der Waals surface area (Å²) in [7, 11) is 0. The molecule has 6 heteroatoms. The summed E-state index contributed by atoms with van der Waals surface area (Å²) in [5, 5.41) is 3.91. The number of hydrazone groups is 1. The molecule has 5 nitrogen and oxygen atoms in total. The lowest BCUT2D eigenvalue weighted by Gasteiger charge is -1.99. The molecule has 0 fully saturated rings. The number of hydrogen-bond acceptors (Lipinski definition) is 3. The van der Waals surface area contributed by atoms with E-state index in [9.17, 15) is 4.79 Å². The predicted molar refractivity (Wildman–Crippen MR) is 85.3 cm³/mol. The highest BCUT2D eigenvalue weighted by molar-refractivity contribution is 9.10. The van der Waals surface area contributed by atoms with Crippen LogP contribution >= 0.6 is 15.9 Å². The molecule has 1 amide bonds. The first-order valence-electron chi connectivity index (χ1n) is 6.26. The third kappa shape index (κ3) is 3.17. The van der Waals surface area contributed by atoms with Crippen LogP contribution in [0.3, 0.4) is 0 Å². The lowest BCUT2D eigenvalue weighted by molar-refractivity contribution is 0.0955. The number of rotatable bonds is 3. The zero-order chi connectivity index (χ0) is 14.7. The number of nitrogens with zero attached hydrogens (tertiary/aromatic N) is 2. The Morgan fingerprint density at radius 3 is 2.71 bits per heavy atom. The first kappa shape index (κ1) is 13.5. The van der Waals surface area contributed by atoms with Crippen molar-refractivity contribution < 1.29 is 4.79 Å². The van der Waals surface area contributed by atoms with Gasteiger partial charge < -0.3 is 4.98 Å². The summed E-state index contributed by atoms with van der Waals surface area (Å²) < 4.78 is 0.921. The molecule has 0 saturated heterocycles. The second kappa shape index (κ2) is 5.88. The van der Waals surface area contributed by atoms with Crippen molar-refractivity contribution in [1.29, 1.82) is 0 Å². The van der Waals surface area contributed by atoms with Crippen LogP contribution in [0.5, 0.6) is 0 Å². The maximum Gasteiger partial charge on any atom is 0.271 e. The standard InChI is InChI=1S/C15H11BrN4O/c16-11-7-5-10(6-8-11)15(21)20-17-9-14-18-12-3-1-2-4-13(12)19-14/h1-9H,(H,18,19)(H,20,21). The Labute approximate surface area is 129 Å². The number of carbonyl (C=O) groups is 1. The summed E-state index contributed by atoms with van der Waals surface area (Å²) in [6, 6.07) is 14.7. The third-order valence-electron chi connectivity index (χ3n) is 2.87. The average molecular weight is 343 g/mol. The molecule has 0 spiro atoms. The largest absolute Gasteiger partial charge is 0.337 e. The second-order valence-corrected chi connectivity index (χ2v) is 5.26. The summed E-state index contributed by atoms with van der Waals surface area (Å²) >= 11 is 3.32. The first-order chi connectivity index (χ1) is 10.2. The number of hydrogen-bond donors (Lipinski definition) is 2. The van der Waals surface area contributed by atoms with E-state index in [4.69, 9.17) is 0 Å². The number of H-pyrrole nitrogens is 1. The van der Waals surface area contributed by atoms with E-state index in [2.05, 4.69) is 36.4 Å². The van der Waals surface area contributed by atoms with Crippen molar-refractivity contribution in [3.63, 3.8) is 0 Å². The van der Waals surface area contributed by atoms with Gasteiger partial charge in [0.2, 0.25) is 0 Å². The number of para-hydroxylation sites is 2. The summed E-state index contributed by atoms with van der Waals surface area (Å²) in [6.07, 6.45) is 1.48. The molecule has 0 unspecified atom stereocenters. The van der Waals surface area contributed by atoms with Crippen LogP contribution in [-0.2, 0) is 0 Å². The number of aromatic amines is 1. The minimum absolute atomic E-state index is 0.269. The molecule has 0 aliphatic carbocycles. The smallest absolute Gasteiger partial charge is 0.271 e. The Bertz CT molecular complexity index is 775. The van der Waals surface area contributed by atoms with Crippen molar-refractivity contribution in [3.8, 4) is 0 Å². The van der Waals surface area contributed by atoms with E-state index in [0.29, 0.717) is 11.4 Å². The number of aromatic nitrogens is 2. The van der Waals surface area contributed by atoms with Crippen LogP contribution in [0.2, 0.25) is 0 Å². The Morgan fingerprint density at radius 1 is 1.19 bits per heavy atom. The molecule has 3 aromatic rings. The van der Waals surface area contributed by atoms with Crippen LogP contribution in [0, 0.1) is 0 Å². The molecule has 0 aliphatic rings. The fourth-order valence-electron chi connectivity index (χ4n) is 1.85. The zero-order valence-electron chi connectivity index (χ0n) is 10.9. The number of carbonyl (C=O) groups excluding carboxylic acids is 1. The van der Waals surface area contributed by atoms with Gasteiger partial charge in [-0.2, -0.15) is 5.10 Å². The molecule has 1 aromatic heterocycles. The molecular weight excluding hydrogens is 332 g/mol. The molecule has 2 N–H and O–H groups in total. The van der Waals surface area contributed by atoms with Gasteiger partial charge in [-0.15, -0.1) is 0 Å². The maximum atomic E-state index is 11.8. The summed E-state index contributed by atoms with van der Waals surface area (Å²) in [4.78, 5) is 19.3. The van der Waals surface area contributed by atoms with Crippen LogP contribution < -0.4 is 5.43 Å². The molecule has 104 valence electrons. The van der Waals surface area contributed by atoms with Crippen molar-refractivity contribution in [2.75, 3.05) is 0 Å². The number of fused-ring (bicyclic) bond motifs is 1. The minimum atomic E-state index is -0.269. The molecule has 1 heterocycles. The van der Waals surface area contributed by atoms with Gasteiger partial charge in [0.1, 0.15) is 0 Å². The number of imidazole rings is 1. The van der Waals surface area contributed by atoms with Gasteiger partial charge in [-0.3, -0.25) is 4.79 Å². The molecule has 0 aliphatic heterocycles. The van der Waals surface area contributed by atoms with Gasteiger partial charge in [-0.25, -0.2) is 10.4 Å². The lowest BCUT2D eigenvalue weighted by atomic mass is 10.2. The van der Waals surface area contributed by atoms with Crippen LogP contribution in [0.25, 0.3) is 11.0 Å². The highest BCUT2D eigenvalue weighted by atomic mass is 79.9. The van der Waals surface area contributed by atoms with Gasteiger partial charge in [0, 0.05) is 10.0 Å². The highest BCUT2D eigenvalue weighted by Gasteiger charge is 2.03. The van der Waals surface area contributed by atoms with Gasteiger partial charge in [0.05, 0.1) is 17.2 Å². The van der Waals surface area contributed by atoms with Crippen molar-refractivity contribution in [3.05, 3.63) is 64.4 Å². The molecular formula is C15H11BrN4O. The Kier molecular flexibility index (Phi) is 3.79. The van der Waals surface area contributed by atoms with E-state index < -0.39 is 0 Å². The summed E-state index contributed by atoms with van der Waals surface area (Å²) in [6.45, 7) is 0. The van der Waals surface area contributed by atoms with Gasteiger partial charge in [0.15, 0.2) is 5.82 Å². The fourth-order valence-corrected chi connectivity index (χ4v) is 2.12. The van der Waals surface area contributed by atoms with Crippen molar-refractivity contribution in [1.82, 2.24) is 15.4 Å². The molecule has 0 radical (unpaired) electrons. The van der Waals surface area contributed by atoms with Crippen molar-refractivity contribution in [2.45, 2.75) is 0 Å². The SMILES string of the molecule is O=C(NN=Cc1nc2ccccc2[nH]1)c1ccc(Br)cc1. The molecule has 0 saturated carbocycles. The van der Waals surface area contributed by atoms with E-state index >= 15 is 0 Å².